The van der Waals surface area contributed by atoms with Crippen LogP contribution in [-0.4, -0.2) is 118 Å². The topological polar surface area (TPSA) is 353 Å². The van der Waals surface area contributed by atoms with Crippen LogP contribution >= 0.6 is 0 Å². The van der Waals surface area contributed by atoms with Gasteiger partial charge in [0.05, 0.1) is 25.1 Å². The standard InChI is InChI=1S/C44H60N14O8/c1-3-4-14-32(54-26(2)59)40(63)51-24-38(61)56-36(20-29-22-48-25-53-29)43(66)58-35(18-27-11-6-5-7-12-27)42(65)57-33(16-10-17-49-44(46)47)41(64)52-23-37(60)55-34(39(45)62)19-28-21-50-31-15-9-8-13-30(28)31/h5-9,11-13,15,21-22,25,32-36,50H,3-4,10,14,16-20,23-24H2,1-2H3,(H2,45,62)(H,48,53)(H,51,63)(H,52,64)(H,54,59)(H,55,60)(H,56,61)(H,57,65)(H,58,66)(H4,46,47,49)/t32-,33-,34-,35-,36-/m0/s1. The van der Waals surface area contributed by atoms with Gasteiger partial charge in [0, 0.05) is 56.0 Å². The Bertz CT molecular complexity index is 2280. The number of nitrogens with zero attached hydrogens (tertiary/aromatic N) is 1. The zero-order valence-corrected chi connectivity index (χ0v) is 37.0. The summed E-state index contributed by atoms with van der Waals surface area (Å²) in [5, 5.41) is 29.1. The van der Waals surface area contributed by atoms with Gasteiger partial charge in [-0.15, -0.1) is 0 Å². The van der Waals surface area contributed by atoms with Gasteiger partial charge >= 0.3 is 0 Å². The fourth-order valence-electron chi connectivity index (χ4n) is 6.96. The molecular formula is C44H60N14O8. The number of fused-ring (bicyclic) bond motifs is 1. The van der Waals surface area contributed by atoms with Crippen LogP contribution in [0.2, 0.25) is 0 Å². The monoisotopic (exact) mass is 912 g/mol. The van der Waals surface area contributed by atoms with E-state index in [2.05, 4.69) is 57.5 Å². The molecule has 0 saturated heterocycles. The van der Waals surface area contributed by atoms with E-state index >= 15 is 0 Å². The maximum Gasteiger partial charge on any atom is 0.243 e. The zero-order valence-electron chi connectivity index (χ0n) is 37.0. The predicted octanol–water partition coefficient (Wildman–Crippen LogP) is -1.47. The Morgan fingerprint density at radius 3 is 1.85 bits per heavy atom. The number of imidazole rings is 1. The largest absolute Gasteiger partial charge is 0.370 e. The van der Waals surface area contributed by atoms with Gasteiger partial charge in [-0.3, -0.25) is 43.8 Å². The minimum absolute atomic E-state index is 0.000744. The maximum absolute atomic E-state index is 14.2. The third kappa shape index (κ3) is 17.1. The molecule has 5 atom stereocenters. The highest BCUT2D eigenvalue weighted by molar-refractivity contribution is 5.96. The first-order valence-corrected chi connectivity index (χ1v) is 21.6. The summed E-state index contributed by atoms with van der Waals surface area (Å²) in [7, 11) is 0. The number of aromatic amines is 2. The number of rotatable bonds is 27. The lowest BCUT2D eigenvalue weighted by Gasteiger charge is -2.26. The number of nitrogens with one attached hydrogen (secondary N) is 11. The van der Waals surface area contributed by atoms with Crippen LogP contribution in [-0.2, 0) is 57.6 Å². The number of benzene rings is 2. The van der Waals surface area contributed by atoms with E-state index in [9.17, 15) is 38.4 Å². The van der Waals surface area contributed by atoms with Crippen molar-refractivity contribution in [2.24, 2.45) is 11.5 Å². The first-order chi connectivity index (χ1) is 31.6. The molecule has 0 spiro atoms. The number of hydrogen-bond donors (Lipinski definition) is 13. The van der Waals surface area contributed by atoms with E-state index in [1.54, 1.807) is 36.5 Å². The summed E-state index contributed by atoms with van der Waals surface area (Å²) < 4.78 is 0. The maximum atomic E-state index is 14.2. The van der Waals surface area contributed by atoms with Crippen LogP contribution in [0.3, 0.4) is 0 Å². The minimum atomic E-state index is -1.31. The molecule has 15 N–H and O–H groups in total. The number of nitrogens with two attached hydrogens (primary N) is 2. The highest BCUT2D eigenvalue weighted by atomic mass is 16.2. The van der Waals surface area contributed by atoms with E-state index in [1.807, 2.05) is 31.2 Å². The van der Waals surface area contributed by atoms with Crippen LogP contribution in [0.5, 0.6) is 0 Å². The van der Waals surface area contributed by atoms with Crippen molar-refractivity contribution < 1.29 is 38.4 Å². The lowest BCUT2D eigenvalue weighted by Crippen LogP contribution is -2.58. The number of primary amides is 1. The average molecular weight is 913 g/mol. The number of aromatic nitrogens is 3. The molecule has 66 heavy (non-hydrogen) atoms. The van der Waals surface area contributed by atoms with E-state index < -0.39 is 90.6 Å². The summed E-state index contributed by atoms with van der Waals surface area (Å²) >= 11 is 0. The first kappa shape index (κ1) is 50.9. The highest BCUT2D eigenvalue weighted by Gasteiger charge is 2.31. The van der Waals surface area contributed by atoms with E-state index in [-0.39, 0.29) is 44.6 Å². The number of hydrogen-bond acceptors (Lipinski definition) is 10. The molecular weight excluding hydrogens is 853 g/mol. The number of H-pyrrole nitrogens is 2. The third-order valence-corrected chi connectivity index (χ3v) is 10.3. The quantitative estimate of drug-likeness (QED) is 0.0186. The van der Waals surface area contributed by atoms with Crippen molar-refractivity contribution in [2.45, 2.75) is 95.4 Å². The summed E-state index contributed by atoms with van der Waals surface area (Å²) in [4.78, 5) is 115. The van der Waals surface area contributed by atoms with Gasteiger partial charge in [0.15, 0.2) is 5.96 Å². The van der Waals surface area contributed by atoms with Gasteiger partial charge in [0.2, 0.25) is 47.3 Å². The number of amides is 8. The van der Waals surface area contributed by atoms with Crippen LogP contribution in [0.4, 0.5) is 0 Å². The molecule has 4 rings (SSSR count). The lowest BCUT2D eigenvalue weighted by atomic mass is 10.0. The van der Waals surface area contributed by atoms with E-state index in [4.69, 9.17) is 16.9 Å². The summed E-state index contributed by atoms with van der Waals surface area (Å²) in [6.07, 6.45) is 6.56. The van der Waals surface area contributed by atoms with Crippen LogP contribution in [0.1, 0.15) is 62.8 Å². The molecule has 2 aromatic heterocycles. The van der Waals surface area contributed by atoms with Crippen LogP contribution in [0, 0.1) is 5.41 Å². The number of carbonyl (C=O) groups is 8. The Morgan fingerprint density at radius 2 is 1.24 bits per heavy atom. The Balaban J connectivity index is 1.48. The van der Waals surface area contributed by atoms with Crippen LogP contribution in [0.25, 0.3) is 10.9 Å². The van der Waals surface area contributed by atoms with Crippen molar-refractivity contribution in [3.8, 4) is 0 Å². The fourth-order valence-corrected chi connectivity index (χ4v) is 6.96. The second-order valence-electron chi connectivity index (χ2n) is 15.6. The molecule has 0 saturated carbocycles. The molecule has 0 bridgehead atoms. The van der Waals surface area contributed by atoms with Crippen molar-refractivity contribution in [1.29, 1.82) is 5.41 Å². The smallest absolute Gasteiger partial charge is 0.243 e. The molecule has 354 valence electrons. The number of unbranched alkanes of at least 4 members (excludes halogenated alkanes) is 1. The predicted molar refractivity (Wildman–Crippen MR) is 244 cm³/mol. The van der Waals surface area contributed by atoms with Crippen molar-refractivity contribution in [3.63, 3.8) is 0 Å². The molecule has 0 aliphatic heterocycles. The van der Waals surface area contributed by atoms with Crippen molar-refractivity contribution in [1.82, 2.24) is 57.5 Å². The molecule has 0 aliphatic carbocycles. The van der Waals surface area contributed by atoms with Gasteiger partial charge in [0.25, 0.3) is 0 Å². The number of carbonyl (C=O) groups excluding carboxylic acids is 8. The molecule has 8 amide bonds. The number of guanidine groups is 1. The molecule has 2 heterocycles. The Labute approximate surface area is 381 Å². The molecule has 0 fully saturated rings. The summed E-state index contributed by atoms with van der Waals surface area (Å²) in [6.45, 7) is 2.27. The van der Waals surface area contributed by atoms with Crippen LogP contribution in [0.15, 0.2) is 73.3 Å². The number of para-hydroxylation sites is 1. The minimum Gasteiger partial charge on any atom is -0.370 e. The van der Waals surface area contributed by atoms with E-state index in [0.717, 1.165) is 22.9 Å². The van der Waals surface area contributed by atoms with Crippen molar-refractivity contribution >= 4 is 64.1 Å². The van der Waals surface area contributed by atoms with E-state index in [1.165, 1.54) is 19.4 Å². The fraction of sp³-hybridized carbons (Fsp3) is 0.409. The highest BCUT2D eigenvalue weighted by Crippen LogP contribution is 2.19. The zero-order chi connectivity index (χ0) is 48.0. The van der Waals surface area contributed by atoms with Gasteiger partial charge in [0.1, 0.15) is 30.2 Å². The summed E-state index contributed by atoms with van der Waals surface area (Å²) in [5.41, 5.74) is 13.7. The molecule has 0 unspecified atom stereocenters. The van der Waals surface area contributed by atoms with Crippen molar-refractivity contribution in [3.05, 3.63) is 90.1 Å². The molecule has 0 aliphatic rings. The van der Waals surface area contributed by atoms with Gasteiger partial charge in [-0.1, -0.05) is 68.3 Å². The Morgan fingerprint density at radius 1 is 0.652 bits per heavy atom. The molecule has 4 aromatic rings. The van der Waals surface area contributed by atoms with E-state index in [0.29, 0.717) is 24.1 Å². The summed E-state index contributed by atoms with van der Waals surface area (Å²) in [5.74, 6) is -5.87. The normalized spacial score (nSPS) is 13.1. The average Bonchev–Trinajstić information content (AvgIpc) is 3.96. The first-order valence-electron chi connectivity index (χ1n) is 21.6. The van der Waals surface area contributed by atoms with Gasteiger partial charge in [-0.2, -0.15) is 0 Å². The molecule has 22 nitrogen and oxygen atoms in total. The van der Waals surface area contributed by atoms with Gasteiger partial charge in [-0.25, -0.2) is 4.98 Å². The molecule has 22 heteroatoms. The Kier molecular flexibility index (Phi) is 20.1. The second kappa shape index (κ2) is 26.1. The van der Waals surface area contributed by atoms with Crippen LogP contribution < -0.4 is 54.0 Å². The SMILES string of the molecule is CCCC[C@H](NC(C)=O)C(=O)NCC(=O)N[C@@H](Cc1c[nH]cn1)C(=O)N[C@@H](Cc1ccccc1)C(=O)N[C@@H](CCCNC(=N)N)C(=O)NCC(=O)N[C@@H](Cc1c[nH]c2ccccc12)C(N)=O. The molecule has 0 radical (unpaired) electrons. The molecule has 2 aromatic carbocycles. The van der Waals surface area contributed by atoms with Crippen molar-refractivity contribution in [2.75, 3.05) is 19.6 Å². The lowest BCUT2D eigenvalue weighted by molar-refractivity contribution is -0.134. The third-order valence-electron chi connectivity index (χ3n) is 10.3. The van der Waals surface area contributed by atoms with Gasteiger partial charge in [-0.05, 0) is 36.5 Å². The Hall–Kier alpha value is -7.78. The summed E-state index contributed by atoms with van der Waals surface area (Å²) in [6, 6.07) is 10.3. The van der Waals surface area contributed by atoms with Gasteiger partial charge < -0.3 is 64.0 Å². The second-order valence-corrected chi connectivity index (χ2v) is 15.6.